The Morgan fingerprint density at radius 2 is 1.90 bits per heavy atom. The van der Waals surface area contributed by atoms with E-state index in [1.165, 1.54) is 6.42 Å². The summed E-state index contributed by atoms with van der Waals surface area (Å²) in [4.78, 5) is 30.2. The molecule has 0 bridgehead atoms. The van der Waals surface area contributed by atoms with Crippen LogP contribution in [-0.2, 0) is 6.54 Å². The van der Waals surface area contributed by atoms with Crippen LogP contribution < -0.4 is 15.4 Å². The lowest BCUT2D eigenvalue weighted by Crippen LogP contribution is -2.49. The number of ether oxygens (including phenoxy) is 1. The quantitative estimate of drug-likeness (QED) is 0.361. The van der Waals surface area contributed by atoms with Crippen molar-refractivity contribution >= 4 is 40.8 Å². The number of carbonyl (C=O) groups is 2. The third-order valence-electron chi connectivity index (χ3n) is 7.79. The van der Waals surface area contributed by atoms with E-state index < -0.39 is 0 Å². The number of hydrogen-bond acceptors (Lipinski definition) is 5. The van der Waals surface area contributed by atoms with Crippen LogP contribution in [0.25, 0.3) is 0 Å². The minimum Gasteiger partial charge on any atom is -0.488 e. The predicted octanol–water partition coefficient (Wildman–Crippen LogP) is 5.80. The number of fused-ring (bicyclic) bond motifs is 1. The number of carbonyl (C=O) groups excluding carboxylic acids is 2. The Hall–Kier alpha value is -2.52. The molecular formula is C30H40Cl2N4O4. The van der Waals surface area contributed by atoms with E-state index in [2.05, 4.69) is 22.5 Å². The van der Waals surface area contributed by atoms with E-state index >= 15 is 0 Å². The first-order valence-electron chi connectivity index (χ1n) is 14.1. The lowest BCUT2D eigenvalue weighted by molar-refractivity contribution is 0.0341. The zero-order chi connectivity index (χ0) is 28.8. The van der Waals surface area contributed by atoms with Gasteiger partial charge in [-0.25, -0.2) is 4.79 Å². The fourth-order valence-corrected chi connectivity index (χ4v) is 5.76. The molecule has 10 heteroatoms. The van der Waals surface area contributed by atoms with E-state index in [1.807, 2.05) is 26.1 Å². The molecule has 3 N–H and O–H groups in total. The van der Waals surface area contributed by atoms with Crippen molar-refractivity contribution in [1.29, 1.82) is 0 Å². The van der Waals surface area contributed by atoms with Crippen molar-refractivity contribution in [2.24, 2.45) is 5.92 Å². The molecule has 4 rings (SSSR count). The summed E-state index contributed by atoms with van der Waals surface area (Å²) in [5.41, 5.74) is 1.91. The van der Waals surface area contributed by atoms with Gasteiger partial charge in [0, 0.05) is 37.3 Å². The highest BCUT2D eigenvalue weighted by Crippen LogP contribution is 2.31. The van der Waals surface area contributed by atoms with Gasteiger partial charge in [0.1, 0.15) is 11.9 Å². The van der Waals surface area contributed by atoms with Crippen LogP contribution in [0.1, 0.15) is 61.9 Å². The zero-order valence-electron chi connectivity index (χ0n) is 23.5. The largest absolute Gasteiger partial charge is 0.488 e. The van der Waals surface area contributed by atoms with E-state index in [9.17, 15) is 14.7 Å². The smallest absolute Gasteiger partial charge is 0.319 e. The number of aliphatic hydroxyl groups excluding tert-OH is 1. The van der Waals surface area contributed by atoms with E-state index in [0.29, 0.717) is 46.7 Å². The monoisotopic (exact) mass is 590 g/mol. The van der Waals surface area contributed by atoms with Crippen LogP contribution in [0, 0.1) is 5.92 Å². The summed E-state index contributed by atoms with van der Waals surface area (Å²) in [5.74, 6) is 0.210. The summed E-state index contributed by atoms with van der Waals surface area (Å²) in [7, 11) is 2.01. The van der Waals surface area contributed by atoms with Gasteiger partial charge in [0.15, 0.2) is 0 Å². The van der Waals surface area contributed by atoms with Crippen molar-refractivity contribution in [2.45, 2.75) is 70.7 Å². The van der Waals surface area contributed by atoms with Gasteiger partial charge in [0.05, 0.1) is 28.3 Å². The number of nitrogens with zero attached hydrogens (tertiary/aromatic N) is 2. The SMILES string of the molecule is C[C@@H]1CN([C@H](C)CO)C(=O)c2cc(NC(=O)NC3CCCCC3)ccc2O[C@H]1CN(C)Cc1ccc(Cl)c(Cl)c1. The first-order chi connectivity index (χ1) is 19.1. The molecular weight excluding hydrogens is 551 g/mol. The summed E-state index contributed by atoms with van der Waals surface area (Å²) in [6.45, 7) is 5.39. The fraction of sp³-hybridized carbons (Fsp3) is 0.533. The molecule has 0 saturated heterocycles. The molecule has 2 aromatic rings. The summed E-state index contributed by atoms with van der Waals surface area (Å²) in [6, 6.07) is 10.3. The third kappa shape index (κ3) is 7.81. The second-order valence-corrected chi connectivity index (χ2v) is 12.0. The molecule has 8 nitrogen and oxygen atoms in total. The third-order valence-corrected chi connectivity index (χ3v) is 8.53. The molecule has 0 aromatic heterocycles. The van der Waals surface area contributed by atoms with E-state index in [1.54, 1.807) is 29.2 Å². The molecule has 1 heterocycles. The lowest BCUT2D eigenvalue weighted by atomic mass is 9.96. The summed E-state index contributed by atoms with van der Waals surface area (Å²) in [6.07, 6.45) is 5.18. The summed E-state index contributed by atoms with van der Waals surface area (Å²) in [5, 5.41) is 16.9. The first-order valence-corrected chi connectivity index (χ1v) is 14.8. The van der Waals surface area contributed by atoms with Crippen LogP contribution in [0.3, 0.4) is 0 Å². The number of anilines is 1. The topological polar surface area (TPSA) is 94.1 Å². The van der Waals surface area contributed by atoms with Crippen molar-refractivity contribution in [3.05, 3.63) is 57.6 Å². The molecule has 1 aliphatic heterocycles. The number of rotatable bonds is 8. The van der Waals surface area contributed by atoms with Gasteiger partial charge in [-0.05, 0) is 62.7 Å². The average Bonchev–Trinajstić information content (AvgIpc) is 2.93. The van der Waals surface area contributed by atoms with E-state index in [4.69, 9.17) is 27.9 Å². The molecule has 0 radical (unpaired) electrons. The number of urea groups is 1. The highest BCUT2D eigenvalue weighted by Gasteiger charge is 2.33. The van der Waals surface area contributed by atoms with Crippen molar-refractivity contribution in [1.82, 2.24) is 15.1 Å². The van der Waals surface area contributed by atoms with Gasteiger partial charge in [-0.1, -0.05) is 55.5 Å². The Balaban J connectivity index is 1.53. The Labute approximate surface area is 247 Å². The van der Waals surface area contributed by atoms with Gasteiger partial charge >= 0.3 is 6.03 Å². The standard InChI is InChI=1S/C30H40Cl2N4O4/c1-19-15-36(20(2)18-37)29(38)24-14-23(34-30(39)33-22-7-5-4-6-8-22)10-12-27(24)40-28(19)17-35(3)16-21-9-11-25(31)26(32)13-21/h9-14,19-20,22,28,37H,4-8,15-18H2,1-3H3,(H2,33,34,39)/t19-,20-,28+/m1/s1. The molecule has 2 aliphatic rings. The molecule has 1 fully saturated rings. The molecule has 1 aliphatic carbocycles. The number of hydrogen-bond donors (Lipinski definition) is 3. The van der Waals surface area contributed by atoms with Gasteiger partial charge in [-0.15, -0.1) is 0 Å². The second kappa shape index (κ2) is 13.9. The second-order valence-electron chi connectivity index (χ2n) is 11.2. The number of benzene rings is 2. The fourth-order valence-electron chi connectivity index (χ4n) is 5.44. The van der Waals surface area contributed by atoms with E-state index in [-0.39, 0.29) is 42.7 Å². The molecule has 40 heavy (non-hydrogen) atoms. The molecule has 218 valence electrons. The Bertz CT molecular complexity index is 1190. The molecule has 0 unspecified atom stereocenters. The van der Waals surface area contributed by atoms with Gasteiger partial charge in [0.2, 0.25) is 0 Å². The maximum Gasteiger partial charge on any atom is 0.319 e. The van der Waals surface area contributed by atoms with Crippen molar-refractivity contribution in [2.75, 3.05) is 32.1 Å². The van der Waals surface area contributed by atoms with Gasteiger partial charge in [-0.2, -0.15) is 0 Å². The lowest BCUT2D eigenvalue weighted by Gasteiger charge is -2.38. The summed E-state index contributed by atoms with van der Waals surface area (Å²) < 4.78 is 6.49. The van der Waals surface area contributed by atoms with Crippen molar-refractivity contribution < 1.29 is 19.4 Å². The summed E-state index contributed by atoms with van der Waals surface area (Å²) >= 11 is 12.3. The minimum atomic E-state index is -0.373. The van der Waals surface area contributed by atoms with Crippen LogP contribution in [0.15, 0.2) is 36.4 Å². The maximum atomic E-state index is 13.7. The molecule has 2 aromatic carbocycles. The minimum absolute atomic E-state index is 0.0126. The molecule has 3 atom stereocenters. The van der Waals surface area contributed by atoms with Crippen molar-refractivity contribution in [3.8, 4) is 5.75 Å². The predicted molar refractivity (Wildman–Crippen MR) is 159 cm³/mol. The van der Waals surface area contributed by atoms with Crippen LogP contribution in [0.4, 0.5) is 10.5 Å². The number of likely N-dealkylation sites (N-methyl/N-ethyl adjacent to an activating group) is 1. The van der Waals surface area contributed by atoms with Gasteiger partial charge < -0.3 is 25.4 Å². The zero-order valence-corrected chi connectivity index (χ0v) is 25.0. The Morgan fingerprint density at radius 1 is 1.15 bits per heavy atom. The molecule has 0 spiro atoms. The van der Waals surface area contributed by atoms with Gasteiger partial charge in [0.25, 0.3) is 5.91 Å². The van der Waals surface area contributed by atoms with Crippen LogP contribution in [0.5, 0.6) is 5.75 Å². The average molecular weight is 592 g/mol. The van der Waals surface area contributed by atoms with Crippen LogP contribution in [-0.4, -0.2) is 71.8 Å². The number of halogens is 2. The van der Waals surface area contributed by atoms with E-state index in [0.717, 1.165) is 31.2 Å². The highest BCUT2D eigenvalue weighted by atomic mass is 35.5. The normalized spacial score (nSPS) is 20.8. The number of nitrogens with one attached hydrogen (secondary N) is 2. The Kier molecular flexibility index (Phi) is 10.6. The molecule has 1 saturated carbocycles. The number of amides is 3. The first kappa shape index (κ1) is 30.4. The maximum absolute atomic E-state index is 13.7. The number of aliphatic hydroxyl groups is 1. The highest BCUT2D eigenvalue weighted by molar-refractivity contribution is 6.42. The van der Waals surface area contributed by atoms with Crippen molar-refractivity contribution in [3.63, 3.8) is 0 Å². The molecule has 3 amide bonds. The Morgan fingerprint density at radius 3 is 2.60 bits per heavy atom. The van der Waals surface area contributed by atoms with Crippen LogP contribution >= 0.6 is 23.2 Å². The van der Waals surface area contributed by atoms with Gasteiger partial charge in [-0.3, -0.25) is 9.69 Å². The van der Waals surface area contributed by atoms with Crippen LogP contribution in [0.2, 0.25) is 10.0 Å².